The highest BCUT2D eigenvalue weighted by molar-refractivity contribution is 7.98. The third-order valence-corrected chi connectivity index (χ3v) is 3.63. The molecule has 0 aliphatic carbocycles. The van der Waals surface area contributed by atoms with Crippen LogP contribution in [0.25, 0.3) is 0 Å². The number of thioether (sulfide) groups is 1. The van der Waals surface area contributed by atoms with E-state index < -0.39 is 0 Å². The maximum atomic E-state index is 13.5. The van der Waals surface area contributed by atoms with E-state index in [9.17, 15) is 4.39 Å². The first-order chi connectivity index (χ1) is 9.20. The topological polar surface area (TPSA) is 43.8 Å². The molecule has 0 radical (unpaired) electrons. The van der Waals surface area contributed by atoms with Crippen LogP contribution in [0.1, 0.15) is 11.1 Å². The van der Waals surface area contributed by atoms with E-state index in [1.807, 2.05) is 17.8 Å². The molecule has 0 amide bonds. The molecule has 1 aromatic carbocycles. The van der Waals surface area contributed by atoms with Gasteiger partial charge in [-0.15, -0.1) is 0 Å². The minimum Gasteiger partial charge on any atom is -0.329 e. The fourth-order valence-corrected chi connectivity index (χ4v) is 2.42. The van der Waals surface area contributed by atoms with Crippen molar-refractivity contribution in [2.24, 2.45) is 12.8 Å². The lowest BCUT2D eigenvalue weighted by Crippen LogP contribution is -1.94. The van der Waals surface area contributed by atoms with E-state index in [1.54, 1.807) is 30.1 Å². The first kappa shape index (κ1) is 13.7. The van der Waals surface area contributed by atoms with Crippen LogP contribution in [0, 0.1) is 17.7 Å². The van der Waals surface area contributed by atoms with Crippen molar-refractivity contribution < 1.29 is 4.39 Å². The summed E-state index contributed by atoms with van der Waals surface area (Å²) < 4.78 is 15.5. The highest BCUT2D eigenvalue weighted by atomic mass is 32.2. The Morgan fingerprint density at radius 3 is 3.00 bits per heavy atom. The van der Waals surface area contributed by atoms with Crippen LogP contribution in [0.3, 0.4) is 0 Å². The summed E-state index contributed by atoms with van der Waals surface area (Å²) in [4.78, 5) is 4.23. The number of benzene rings is 1. The summed E-state index contributed by atoms with van der Waals surface area (Å²) >= 11 is 1.60. The molecule has 0 aliphatic rings. The molecule has 5 heteroatoms. The first-order valence-corrected chi connectivity index (χ1v) is 6.76. The van der Waals surface area contributed by atoms with Crippen molar-refractivity contribution in [1.29, 1.82) is 0 Å². The standard InChI is InChI=1S/C14H14FN3S/c1-18-8-7-17-14(18)19-10-11-4-5-13(15)12(9-11)3-2-6-16/h4-5,7-9H,6,10,16H2,1H3. The zero-order valence-electron chi connectivity index (χ0n) is 10.6. The Morgan fingerprint density at radius 1 is 1.47 bits per heavy atom. The number of nitrogens with two attached hydrogens (primary N) is 1. The second kappa shape index (κ2) is 6.41. The van der Waals surface area contributed by atoms with Crippen LogP contribution in [0.5, 0.6) is 0 Å². The van der Waals surface area contributed by atoms with Crippen molar-refractivity contribution in [2.75, 3.05) is 6.54 Å². The van der Waals surface area contributed by atoms with Crippen LogP contribution < -0.4 is 5.73 Å². The molecule has 0 spiro atoms. The van der Waals surface area contributed by atoms with E-state index in [0.717, 1.165) is 16.5 Å². The Morgan fingerprint density at radius 2 is 2.32 bits per heavy atom. The van der Waals surface area contributed by atoms with Gasteiger partial charge in [-0.05, 0) is 17.7 Å². The Labute approximate surface area is 116 Å². The van der Waals surface area contributed by atoms with Crippen molar-refractivity contribution in [3.63, 3.8) is 0 Å². The molecule has 2 rings (SSSR count). The molecule has 0 atom stereocenters. The van der Waals surface area contributed by atoms with Gasteiger partial charge < -0.3 is 10.3 Å². The lowest BCUT2D eigenvalue weighted by atomic mass is 10.1. The minimum absolute atomic E-state index is 0.228. The molecule has 0 unspecified atom stereocenters. The number of halogens is 1. The molecule has 3 nitrogen and oxygen atoms in total. The Kier molecular flexibility index (Phi) is 4.61. The molecule has 98 valence electrons. The Bertz CT molecular complexity index is 625. The molecule has 0 aliphatic heterocycles. The van der Waals surface area contributed by atoms with Crippen LogP contribution in [-0.4, -0.2) is 16.1 Å². The largest absolute Gasteiger partial charge is 0.329 e. The van der Waals surface area contributed by atoms with Crippen molar-refractivity contribution in [1.82, 2.24) is 9.55 Å². The Balaban J connectivity index is 2.11. The number of imidazole rings is 1. The van der Waals surface area contributed by atoms with Gasteiger partial charge in [-0.25, -0.2) is 9.37 Å². The first-order valence-electron chi connectivity index (χ1n) is 5.78. The average molecular weight is 275 g/mol. The predicted octanol–water partition coefficient (Wildman–Crippen LogP) is 2.16. The summed E-state index contributed by atoms with van der Waals surface area (Å²) in [7, 11) is 1.94. The molecule has 19 heavy (non-hydrogen) atoms. The van der Waals surface area contributed by atoms with E-state index in [0.29, 0.717) is 5.56 Å². The summed E-state index contributed by atoms with van der Waals surface area (Å²) in [5.74, 6) is 5.81. The zero-order valence-corrected chi connectivity index (χ0v) is 11.4. The molecular weight excluding hydrogens is 261 g/mol. The third-order valence-electron chi connectivity index (χ3n) is 2.50. The molecular formula is C14H14FN3S. The number of rotatable bonds is 3. The molecule has 0 saturated heterocycles. The number of nitrogens with zero attached hydrogens (tertiary/aromatic N) is 2. The number of aryl methyl sites for hydroxylation is 1. The monoisotopic (exact) mass is 275 g/mol. The van der Waals surface area contributed by atoms with Crippen LogP contribution in [0.4, 0.5) is 4.39 Å². The maximum absolute atomic E-state index is 13.5. The number of hydrogen-bond donors (Lipinski definition) is 1. The summed E-state index contributed by atoms with van der Waals surface area (Å²) in [6.45, 7) is 0.228. The van der Waals surface area contributed by atoms with Gasteiger partial charge in [0.1, 0.15) is 5.82 Å². The molecule has 0 fully saturated rings. The van der Waals surface area contributed by atoms with E-state index >= 15 is 0 Å². The highest BCUT2D eigenvalue weighted by Crippen LogP contribution is 2.21. The fourth-order valence-electron chi connectivity index (χ4n) is 1.54. The molecule has 2 aromatic rings. The van der Waals surface area contributed by atoms with Gasteiger partial charge in [-0.2, -0.15) is 0 Å². The van der Waals surface area contributed by atoms with Gasteiger partial charge in [0.05, 0.1) is 12.1 Å². The smallest absolute Gasteiger partial charge is 0.167 e. The normalized spacial score (nSPS) is 10.1. The van der Waals surface area contributed by atoms with E-state index in [1.165, 1.54) is 6.07 Å². The lowest BCUT2D eigenvalue weighted by Gasteiger charge is -2.03. The number of aromatic nitrogens is 2. The van der Waals surface area contributed by atoms with Gasteiger partial charge in [-0.3, -0.25) is 0 Å². The fraction of sp³-hybridized carbons (Fsp3) is 0.214. The van der Waals surface area contributed by atoms with Crippen LogP contribution in [0.2, 0.25) is 0 Å². The van der Waals surface area contributed by atoms with Gasteiger partial charge in [0.15, 0.2) is 5.16 Å². The van der Waals surface area contributed by atoms with Crippen molar-refractivity contribution in [3.05, 3.63) is 47.5 Å². The molecule has 0 saturated carbocycles. The zero-order chi connectivity index (χ0) is 13.7. The molecule has 0 bridgehead atoms. The van der Waals surface area contributed by atoms with Crippen LogP contribution in [-0.2, 0) is 12.8 Å². The van der Waals surface area contributed by atoms with Gasteiger partial charge in [0.2, 0.25) is 0 Å². The quantitative estimate of drug-likeness (QED) is 0.689. The molecule has 1 heterocycles. The number of hydrogen-bond acceptors (Lipinski definition) is 3. The molecule has 1 aromatic heterocycles. The third kappa shape index (κ3) is 3.60. The van der Waals surface area contributed by atoms with Crippen molar-refractivity contribution in [3.8, 4) is 11.8 Å². The summed E-state index contributed by atoms with van der Waals surface area (Å²) in [5.41, 5.74) is 6.69. The van der Waals surface area contributed by atoms with E-state index in [2.05, 4.69) is 16.8 Å². The van der Waals surface area contributed by atoms with Gasteiger partial charge in [-0.1, -0.05) is 29.7 Å². The summed E-state index contributed by atoms with van der Waals surface area (Å²) in [5, 5.41) is 0.930. The average Bonchev–Trinajstić information content (AvgIpc) is 2.82. The molecule has 2 N–H and O–H groups in total. The maximum Gasteiger partial charge on any atom is 0.167 e. The predicted molar refractivity (Wildman–Crippen MR) is 75.1 cm³/mol. The lowest BCUT2D eigenvalue weighted by molar-refractivity contribution is 0.624. The van der Waals surface area contributed by atoms with E-state index in [-0.39, 0.29) is 12.4 Å². The Hall–Kier alpha value is -1.77. The van der Waals surface area contributed by atoms with Crippen molar-refractivity contribution in [2.45, 2.75) is 10.9 Å². The SMILES string of the molecule is Cn1ccnc1SCc1ccc(F)c(C#CCN)c1. The van der Waals surface area contributed by atoms with Gasteiger partial charge in [0.25, 0.3) is 0 Å². The second-order valence-electron chi connectivity index (χ2n) is 3.93. The van der Waals surface area contributed by atoms with Crippen molar-refractivity contribution >= 4 is 11.8 Å². The van der Waals surface area contributed by atoms with Crippen LogP contribution in [0.15, 0.2) is 35.7 Å². The van der Waals surface area contributed by atoms with E-state index in [4.69, 9.17) is 5.73 Å². The van der Waals surface area contributed by atoms with Crippen LogP contribution >= 0.6 is 11.8 Å². The van der Waals surface area contributed by atoms with Gasteiger partial charge in [0, 0.05) is 25.2 Å². The summed E-state index contributed by atoms with van der Waals surface area (Å²) in [6, 6.07) is 4.96. The highest BCUT2D eigenvalue weighted by Gasteiger charge is 2.04. The summed E-state index contributed by atoms with van der Waals surface area (Å²) in [6.07, 6.45) is 3.65. The second-order valence-corrected chi connectivity index (χ2v) is 4.87. The minimum atomic E-state index is -0.313. The van der Waals surface area contributed by atoms with Gasteiger partial charge >= 0.3 is 0 Å².